The van der Waals surface area contributed by atoms with E-state index in [1.807, 2.05) is 6.07 Å². The van der Waals surface area contributed by atoms with Crippen LogP contribution in [0.15, 0.2) is 24.4 Å². The van der Waals surface area contributed by atoms with Crippen LogP contribution in [0.4, 0.5) is 0 Å². The molecule has 1 aliphatic heterocycles. The molecule has 92 valence electrons. The second kappa shape index (κ2) is 4.62. The molecule has 1 aromatic heterocycles. The smallest absolute Gasteiger partial charge is 0.237 e. The van der Waals surface area contributed by atoms with E-state index < -0.39 is 14.3 Å². The zero-order valence-corrected chi connectivity index (χ0v) is 10.5. The first-order valence-electron chi connectivity index (χ1n) is 5.08. The van der Waals surface area contributed by atoms with E-state index in [9.17, 15) is 13.2 Å². The first kappa shape index (κ1) is 12.3. The number of nitrogens with zero attached hydrogens (tertiary/aromatic N) is 2. The zero-order valence-electron chi connectivity index (χ0n) is 8.91. The lowest BCUT2D eigenvalue weighted by atomic mass is 10.3. The third-order valence-corrected chi connectivity index (χ3v) is 4.52. The number of likely N-dealkylation sites (tertiary alicyclic amines) is 1. The van der Waals surface area contributed by atoms with E-state index in [1.165, 1.54) is 4.90 Å². The van der Waals surface area contributed by atoms with Gasteiger partial charge in [-0.3, -0.25) is 9.78 Å². The van der Waals surface area contributed by atoms with Crippen molar-refractivity contribution < 1.29 is 13.2 Å². The van der Waals surface area contributed by atoms with Gasteiger partial charge in [0, 0.05) is 29.8 Å². The zero-order chi connectivity index (χ0) is 12.5. The summed E-state index contributed by atoms with van der Waals surface area (Å²) in [5.41, 5.74) is 0.730. The predicted molar refractivity (Wildman–Crippen MR) is 62.8 cm³/mol. The Hall–Kier alpha value is -1.14. The van der Waals surface area contributed by atoms with Gasteiger partial charge in [0.25, 0.3) is 0 Å². The van der Waals surface area contributed by atoms with E-state index >= 15 is 0 Å². The van der Waals surface area contributed by atoms with Crippen LogP contribution in [-0.2, 0) is 20.4 Å². The molecule has 7 heteroatoms. The highest BCUT2D eigenvalue weighted by Gasteiger charge is 2.37. The summed E-state index contributed by atoms with van der Waals surface area (Å²) < 4.78 is 22.3. The number of rotatable bonds is 3. The summed E-state index contributed by atoms with van der Waals surface area (Å²) in [6.45, 7) is 0.462. The van der Waals surface area contributed by atoms with Gasteiger partial charge in [0.15, 0.2) is 0 Å². The minimum atomic E-state index is -3.67. The molecule has 1 aromatic rings. The summed E-state index contributed by atoms with van der Waals surface area (Å²) in [5, 5.41) is -0.805. The van der Waals surface area contributed by atoms with Crippen LogP contribution >= 0.6 is 10.7 Å². The molecular weight excluding hydrogens is 264 g/mol. The van der Waals surface area contributed by atoms with Crippen molar-refractivity contribution in [3.05, 3.63) is 30.1 Å². The molecule has 2 rings (SSSR count). The van der Waals surface area contributed by atoms with Crippen LogP contribution in [0.3, 0.4) is 0 Å². The van der Waals surface area contributed by atoms with Gasteiger partial charge >= 0.3 is 0 Å². The maximum absolute atomic E-state index is 11.6. The summed E-state index contributed by atoms with van der Waals surface area (Å²) >= 11 is 0. The van der Waals surface area contributed by atoms with Crippen LogP contribution in [-0.4, -0.2) is 36.0 Å². The molecule has 17 heavy (non-hydrogen) atoms. The third kappa shape index (κ3) is 2.95. The monoisotopic (exact) mass is 274 g/mol. The molecule has 0 aliphatic carbocycles. The standard InChI is InChI=1S/C10H11ClN2O3S/c11-17(15,16)9-5-10(14)13(7-9)6-8-3-1-2-4-12-8/h1-4,9H,5-7H2. The topological polar surface area (TPSA) is 67.3 Å². The first-order chi connectivity index (χ1) is 7.97. The number of carbonyl (C=O) groups is 1. The van der Waals surface area contributed by atoms with Crippen molar-refractivity contribution in [2.24, 2.45) is 0 Å². The SMILES string of the molecule is O=C1CC(S(=O)(=O)Cl)CN1Cc1ccccn1. The van der Waals surface area contributed by atoms with E-state index in [4.69, 9.17) is 10.7 Å². The third-order valence-electron chi connectivity index (χ3n) is 2.66. The van der Waals surface area contributed by atoms with Crippen LogP contribution in [0, 0.1) is 0 Å². The van der Waals surface area contributed by atoms with E-state index in [0.29, 0.717) is 6.54 Å². The predicted octanol–water partition coefficient (Wildman–Crippen LogP) is 0.751. The minimum Gasteiger partial charge on any atom is -0.335 e. The molecule has 1 fully saturated rings. The fraction of sp³-hybridized carbons (Fsp3) is 0.400. The first-order valence-corrected chi connectivity index (χ1v) is 7.45. The van der Waals surface area contributed by atoms with Crippen LogP contribution in [0.2, 0.25) is 0 Å². The van der Waals surface area contributed by atoms with E-state index in [0.717, 1.165) is 5.69 Å². The minimum absolute atomic E-state index is 0.0430. The molecule has 2 heterocycles. The Bertz CT molecular complexity index is 518. The Morgan fingerprint density at radius 1 is 1.47 bits per heavy atom. The lowest BCUT2D eigenvalue weighted by Gasteiger charge is -2.15. The van der Waals surface area contributed by atoms with Gasteiger partial charge in [0.05, 0.1) is 12.2 Å². The number of hydrogen-bond acceptors (Lipinski definition) is 4. The molecule has 5 nitrogen and oxygen atoms in total. The second-order valence-electron chi connectivity index (χ2n) is 3.90. The van der Waals surface area contributed by atoms with Crippen molar-refractivity contribution in [3.63, 3.8) is 0 Å². The number of hydrogen-bond donors (Lipinski definition) is 0. The molecule has 1 amide bonds. The van der Waals surface area contributed by atoms with Crippen LogP contribution in [0.1, 0.15) is 12.1 Å². The van der Waals surface area contributed by atoms with Gasteiger partial charge in [-0.1, -0.05) is 6.07 Å². The molecule has 0 saturated carbocycles. The van der Waals surface area contributed by atoms with Crippen molar-refractivity contribution in [2.75, 3.05) is 6.54 Å². The Morgan fingerprint density at radius 3 is 2.76 bits per heavy atom. The lowest BCUT2D eigenvalue weighted by molar-refractivity contribution is -0.128. The highest BCUT2D eigenvalue weighted by molar-refractivity contribution is 8.14. The number of pyridine rings is 1. The maximum atomic E-state index is 11.6. The maximum Gasteiger partial charge on any atom is 0.237 e. The normalized spacial score (nSPS) is 20.9. The molecule has 0 spiro atoms. The second-order valence-corrected chi connectivity index (χ2v) is 6.81. The molecule has 0 N–H and O–H groups in total. The molecule has 1 unspecified atom stereocenters. The van der Waals surface area contributed by atoms with Gasteiger partial charge in [-0.2, -0.15) is 0 Å². The van der Waals surface area contributed by atoms with Gasteiger partial charge in [0.2, 0.25) is 15.0 Å². The van der Waals surface area contributed by atoms with Crippen LogP contribution in [0.25, 0.3) is 0 Å². The lowest BCUT2D eigenvalue weighted by Crippen LogP contribution is -2.27. The molecule has 0 radical (unpaired) electrons. The van der Waals surface area contributed by atoms with Crippen molar-refractivity contribution in [3.8, 4) is 0 Å². The van der Waals surface area contributed by atoms with Gasteiger partial charge in [-0.15, -0.1) is 0 Å². The van der Waals surface area contributed by atoms with E-state index in [-0.39, 0.29) is 18.9 Å². The number of aromatic nitrogens is 1. The fourth-order valence-corrected chi connectivity index (χ4v) is 2.82. The Labute approximate surface area is 104 Å². The molecule has 1 saturated heterocycles. The Kier molecular flexibility index (Phi) is 3.35. The summed E-state index contributed by atoms with van der Waals surface area (Å²) in [7, 11) is 1.58. The summed E-state index contributed by atoms with van der Waals surface area (Å²) in [5.74, 6) is -0.204. The number of halogens is 1. The largest absolute Gasteiger partial charge is 0.335 e. The molecule has 1 atom stereocenters. The number of amides is 1. The average molecular weight is 275 g/mol. The molecule has 1 aliphatic rings. The van der Waals surface area contributed by atoms with Gasteiger partial charge < -0.3 is 4.90 Å². The van der Waals surface area contributed by atoms with Crippen LogP contribution in [0.5, 0.6) is 0 Å². The Balaban J connectivity index is 2.07. The van der Waals surface area contributed by atoms with Crippen molar-refractivity contribution in [1.29, 1.82) is 0 Å². The van der Waals surface area contributed by atoms with Crippen molar-refractivity contribution in [1.82, 2.24) is 9.88 Å². The highest BCUT2D eigenvalue weighted by Crippen LogP contribution is 2.22. The highest BCUT2D eigenvalue weighted by atomic mass is 35.7. The van der Waals surface area contributed by atoms with Gasteiger partial charge in [0.1, 0.15) is 5.25 Å². The fourth-order valence-electron chi connectivity index (χ4n) is 1.76. The summed E-state index contributed by atoms with van der Waals surface area (Å²) in [4.78, 5) is 17.2. The van der Waals surface area contributed by atoms with E-state index in [2.05, 4.69) is 4.98 Å². The van der Waals surface area contributed by atoms with Crippen molar-refractivity contribution >= 4 is 25.6 Å². The van der Waals surface area contributed by atoms with Gasteiger partial charge in [-0.05, 0) is 12.1 Å². The summed E-state index contributed by atoms with van der Waals surface area (Å²) in [6.07, 6.45) is 1.59. The van der Waals surface area contributed by atoms with Crippen molar-refractivity contribution in [2.45, 2.75) is 18.2 Å². The average Bonchev–Trinajstić information content (AvgIpc) is 2.62. The quantitative estimate of drug-likeness (QED) is 0.763. The summed E-state index contributed by atoms with van der Waals surface area (Å²) in [6, 6.07) is 5.38. The number of carbonyl (C=O) groups excluding carboxylic acids is 1. The Morgan fingerprint density at radius 2 is 2.24 bits per heavy atom. The van der Waals surface area contributed by atoms with Crippen LogP contribution < -0.4 is 0 Å². The molecular formula is C10H11ClN2O3S. The molecule has 0 bridgehead atoms. The molecule has 0 aromatic carbocycles. The van der Waals surface area contributed by atoms with E-state index in [1.54, 1.807) is 18.3 Å². The van der Waals surface area contributed by atoms with Gasteiger partial charge in [-0.25, -0.2) is 8.42 Å².